The molecule has 0 aliphatic carbocycles. The molecule has 0 spiro atoms. The van der Waals surface area contributed by atoms with Crippen molar-refractivity contribution >= 4 is 10.0 Å². The monoisotopic (exact) mass is 285 g/mol. The number of sulfonamides is 1. The maximum Gasteiger partial charge on any atom is 0.216 e. The number of hydrogen-bond acceptors (Lipinski definition) is 5. The van der Waals surface area contributed by atoms with Crippen molar-refractivity contribution in [2.45, 2.75) is 32.3 Å². The van der Waals surface area contributed by atoms with E-state index in [0.717, 1.165) is 12.1 Å². The zero-order valence-corrected chi connectivity index (χ0v) is 12.1. The van der Waals surface area contributed by atoms with E-state index in [4.69, 9.17) is 4.74 Å². The van der Waals surface area contributed by atoms with Crippen LogP contribution >= 0.6 is 0 Å². The van der Waals surface area contributed by atoms with Gasteiger partial charge in [-0.25, -0.2) is 22.7 Å². The number of piperidine rings is 1. The SMILES string of the molecule is CCc1cc(OC2CCN(S(C)(=O)=O)CC2)ncn1. The van der Waals surface area contributed by atoms with Crippen LogP contribution in [0.15, 0.2) is 12.4 Å². The van der Waals surface area contributed by atoms with Crippen molar-refractivity contribution in [1.82, 2.24) is 14.3 Å². The van der Waals surface area contributed by atoms with E-state index >= 15 is 0 Å². The summed E-state index contributed by atoms with van der Waals surface area (Å²) < 4.78 is 30.1. The fraction of sp³-hybridized carbons (Fsp3) is 0.667. The minimum absolute atomic E-state index is 0.0256. The Morgan fingerprint density at radius 3 is 2.63 bits per heavy atom. The molecule has 0 amide bonds. The van der Waals surface area contributed by atoms with Gasteiger partial charge < -0.3 is 4.74 Å². The third-order valence-corrected chi connectivity index (χ3v) is 4.52. The molecule has 0 aromatic carbocycles. The highest BCUT2D eigenvalue weighted by molar-refractivity contribution is 7.88. The molecule has 2 rings (SSSR count). The molecule has 19 heavy (non-hydrogen) atoms. The largest absolute Gasteiger partial charge is 0.474 e. The molecule has 0 saturated carbocycles. The fourth-order valence-corrected chi connectivity index (χ4v) is 2.96. The summed E-state index contributed by atoms with van der Waals surface area (Å²) in [6, 6.07) is 1.84. The first-order chi connectivity index (χ1) is 8.99. The highest BCUT2D eigenvalue weighted by Crippen LogP contribution is 2.18. The van der Waals surface area contributed by atoms with Gasteiger partial charge in [0.2, 0.25) is 15.9 Å². The Morgan fingerprint density at radius 1 is 1.37 bits per heavy atom. The molecule has 1 aliphatic rings. The Balaban J connectivity index is 1.92. The van der Waals surface area contributed by atoms with Gasteiger partial charge >= 0.3 is 0 Å². The first-order valence-corrected chi connectivity index (χ1v) is 8.26. The molecule has 7 heteroatoms. The zero-order valence-electron chi connectivity index (χ0n) is 11.2. The molecule has 0 N–H and O–H groups in total. The summed E-state index contributed by atoms with van der Waals surface area (Å²) in [6.45, 7) is 3.04. The predicted molar refractivity (Wildman–Crippen MR) is 71.5 cm³/mol. The van der Waals surface area contributed by atoms with Gasteiger partial charge in [-0.05, 0) is 19.3 Å². The van der Waals surface area contributed by atoms with Crippen LogP contribution in [-0.2, 0) is 16.4 Å². The molecule has 2 heterocycles. The Kier molecular flexibility index (Phi) is 4.36. The van der Waals surface area contributed by atoms with Crippen molar-refractivity contribution in [3.05, 3.63) is 18.1 Å². The van der Waals surface area contributed by atoms with Crippen molar-refractivity contribution in [3.8, 4) is 5.88 Å². The second kappa shape index (κ2) is 5.83. The van der Waals surface area contributed by atoms with Crippen molar-refractivity contribution in [2.24, 2.45) is 0 Å². The Morgan fingerprint density at radius 2 is 2.05 bits per heavy atom. The maximum atomic E-state index is 11.4. The highest BCUT2D eigenvalue weighted by atomic mass is 32.2. The van der Waals surface area contributed by atoms with Crippen LogP contribution in [0.3, 0.4) is 0 Å². The first-order valence-electron chi connectivity index (χ1n) is 6.41. The molecule has 6 nitrogen and oxygen atoms in total. The van der Waals surface area contributed by atoms with Crippen molar-refractivity contribution in [1.29, 1.82) is 0 Å². The third kappa shape index (κ3) is 3.87. The van der Waals surface area contributed by atoms with E-state index in [-0.39, 0.29) is 6.10 Å². The lowest BCUT2D eigenvalue weighted by Crippen LogP contribution is -2.41. The topological polar surface area (TPSA) is 72.4 Å². The average molecular weight is 285 g/mol. The minimum atomic E-state index is -3.08. The van der Waals surface area contributed by atoms with Crippen LogP contribution in [0.1, 0.15) is 25.5 Å². The number of rotatable bonds is 4. The van der Waals surface area contributed by atoms with E-state index in [9.17, 15) is 8.42 Å². The van der Waals surface area contributed by atoms with Crippen LogP contribution in [-0.4, -0.2) is 48.1 Å². The average Bonchev–Trinajstić information content (AvgIpc) is 2.38. The number of hydrogen-bond donors (Lipinski definition) is 0. The molecule has 1 fully saturated rings. The lowest BCUT2D eigenvalue weighted by atomic mass is 10.1. The Bertz CT molecular complexity index is 525. The van der Waals surface area contributed by atoms with Gasteiger partial charge in [0.05, 0.1) is 6.26 Å². The van der Waals surface area contributed by atoms with E-state index in [0.29, 0.717) is 31.8 Å². The first kappa shape index (κ1) is 14.2. The van der Waals surface area contributed by atoms with Crippen LogP contribution in [0.2, 0.25) is 0 Å². The molecule has 0 unspecified atom stereocenters. The lowest BCUT2D eigenvalue weighted by molar-refractivity contribution is 0.130. The van der Waals surface area contributed by atoms with E-state index in [2.05, 4.69) is 9.97 Å². The molecule has 0 radical (unpaired) electrons. The van der Waals surface area contributed by atoms with Gasteiger partial charge in [0.15, 0.2) is 0 Å². The summed E-state index contributed by atoms with van der Waals surface area (Å²) >= 11 is 0. The van der Waals surface area contributed by atoms with Gasteiger partial charge in [0.1, 0.15) is 12.4 Å². The Labute approximate surface area is 113 Å². The summed E-state index contributed by atoms with van der Waals surface area (Å²) in [5.41, 5.74) is 0.943. The van der Waals surface area contributed by atoms with E-state index in [1.54, 1.807) is 0 Å². The second-order valence-corrected chi connectivity index (χ2v) is 6.66. The molecule has 0 atom stereocenters. The van der Waals surface area contributed by atoms with Gasteiger partial charge in [-0.2, -0.15) is 0 Å². The molecular formula is C12H19N3O3S. The quantitative estimate of drug-likeness (QED) is 0.819. The van der Waals surface area contributed by atoms with Crippen LogP contribution in [0.25, 0.3) is 0 Å². The molecule has 0 bridgehead atoms. The van der Waals surface area contributed by atoms with Crippen LogP contribution in [0.5, 0.6) is 5.88 Å². The Hall–Kier alpha value is -1.21. The second-order valence-electron chi connectivity index (χ2n) is 4.68. The standard InChI is InChI=1S/C12H19N3O3S/c1-3-10-8-12(14-9-13-10)18-11-4-6-15(7-5-11)19(2,16)17/h8-9,11H,3-7H2,1-2H3. The number of nitrogens with zero attached hydrogens (tertiary/aromatic N) is 3. The normalized spacial score (nSPS) is 18.4. The van der Waals surface area contributed by atoms with E-state index in [1.165, 1.54) is 16.9 Å². The van der Waals surface area contributed by atoms with Gasteiger partial charge in [0, 0.05) is 24.8 Å². The van der Waals surface area contributed by atoms with Crippen molar-refractivity contribution in [3.63, 3.8) is 0 Å². The number of aromatic nitrogens is 2. The predicted octanol–water partition coefficient (Wildman–Crippen LogP) is 0.842. The number of ether oxygens (including phenoxy) is 1. The summed E-state index contributed by atoms with van der Waals surface area (Å²) in [5.74, 6) is 0.574. The summed E-state index contributed by atoms with van der Waals surface area (Å²) in [4.78, 5) is 8.20. The van der Waals surface area contributed by atoms with Crippen LogP contribution in [0, 0.1) is 0 Å². The lowest BCUT2D eigenvalue weighted by Gasteiger charge is -2.30. The number of aryl methyl sites for hydroxylation is 1. The summed E-state index contributed by atoms with van der Waals surface area (Å²) in [7, 11) is -3.08. The van der Waals surface area contributed by atoms with Gasteiger partial charge in [-0.1, -0.05) is 6.92 Å². The van der Waals surface area contributed by atoms with Gasteiger partial charge in [-0.15, -0.1) is 0 Å². The summed E-state index contributed by atoms with van der Waals surface area (Å²) in [5, 5.41) is 0. The maximum absolute atomic E-state index is 11.4. The molecule has 1 aromatic heterocycles. The molecule has 1 aromatic rings. The van der Waals surface area contributed by atoms with E-state index in [1.807, 2.05) is 13.0 Å². The molecule has 1 aliphatic heterocycles. The molecule has 1 saturated heterocycles. The fourth-order valence-electron chi connectivity index (χ4n) is 2.09. The van der Waals surface area contributed by atoms with E-state index < -0.39 is 10.0 Å². The smallest absolute Gasteiger partial charge is 0.216 e. The highest BCUT2D eigenvalue weighted by Gasteiger charge is 2.26. The van der Waals surface area contributed by atoms with Crippen LogP contribution < -0.4 is 4.74 Å². The zero-order chi connectivity index (χ0) is 13.9. The van der Waals surface area contributed by atoms with Gasteiger partial charge in [-0.3, -0.25) is 0 Å². The molecular weight excluding hydrogens is 266 g/mol. The van der Waals surface area contributed by atoms with Gasteiger partial charge in [0.25, 0.3) is 0 Å². The molecule has 106 valence electrons. The van der Waals surface area contributed by atoms with Crippen molar-refractivity contribution in [2.75, 3.05) is 19.3 Å². The third-order valence-electron chi connectivity index (χ3n) is 3.22. The summed E-state index contributed by atoms with van der Waals surface area (Å²) in [6.07, 6.45) is 4.99. The minimum Gasteiger partial charge on any atom is -0.474 e. The van der Waals surface area contributed by atoms with Crippen molar-refractivity contribution < 1.29 is 13.2 Å². The van der Waals surface area contributed by atoms with Crippen LogP contribution in [0.4, 0.5) is 0 Å².